The van der Waals surface area contributed by atoms with E-state index in [1.807, 2.05) is 37.3 Å². The molecule has 0 saturated carbocycles. The Labute approximate surface area is 115 Å². The van der Waals surface area contributed by atoms with Gasteiger partial charge in [0.05, 0.1) is 12.6 Å². The highest BCUT2D eigenvalue weighted by atomic mass is 16.5. The minimum Gasteiger partial charge on any atom is -0.463 e. The molecule has 2 aromatic heterocycles. The standard InChI is InChI=1S/C14H12N4O2/c1-9-7-10-5-3-4-6-11(10)16-13(9)18-8-15-12(17-18)14(19)20-2/h3-8H,1-2H3. The number of aromatic nitrogens is 4. The largest absolute Gasteiger partial charge is 0.463 e. The predicted molar refractivity (Wildman–Crippen MR) is 72.7 cm³/mol. The van der Waals surface area contributed by atoms with Crippen LogP contribution in [0.1, 0.15) is 16.2 Å². The fourth-order valence-electron chi connectivity index (χ4n) is 1.99. The van der Waals surface area contributed by atoms with Crippen molar-refractivity contribution in [3.05, 3.63) is 48.0 Å². The molecule has 6 heteroatoms. The van der Waals surface area contributed by atoms with Crippen molar-refractivity contribution in [1.82, 2.24) is 19.7 Å². The lowest BCUT2D eigenvalue weighted by Gasteiger charge is -2.06. The maximum absolute atomic E-state index is 11.4. The molecule has 0 fully saturated rings. The van der Waals surface area contributed by atoms with Gasteiger partial charge in [-0.2, -0.15) is 0 Å². The number of para-hydroxylation sites is 1. The molecule has 20 heavy (non-hydrogen) atoms. The molecule has 0 N–H and O–H groups in total. The van der Waals surface area contributed by atoms with E-state index < -0.39 is 5.97 Å². The molecule has 0 aliphatic rings. The van der Waals surface area contributed by atoms with Crippen LogP contribution >= 0.6 is 0 Å². The smallest absolute Gasteiger partial charge is 0.377 e. The minimum absolute atomic E-state index is 0.0156. The Kier molecular flexibility index (Phi) is 2.90. The van der Waals surface area contributed by atoms with Crippen LogP contribution in [-0.4, -0.2) is 32.8 Å². The molecule has 100 valence electrons. The van der Waals surface area contributed by atoms with Gasteiger partial charge in [0.15, 0.2) is 5.82 Å². The number of aryl methyl sites for hydroxylation is 1. The van der Waals surface area contributed by atoms with Gasteiger partial charge < -0.3 is 4.74 Å². The van der Waals surface area contributed by atoms with Crippen LogP contribution in [0.15, 0.2) is 36.7 Å². The van der Waals surface area contributed by atoms with Crippen molar-refractivity contribution in [2.75, 3.05) is 7.11 Å². The number of fused-ring (bicyclic) bond motifs is 1. The van der Waals surface area contributed by atoms with Crippen LogP contribution in [0.4, 0.5) is 0 Å². The number of nitrogens with zero attached hydrogens (tertiary/aromatic N) is 4. The summed E-state index contributed by atoms with van der Waals surface area (Å²) in [4.78, 5) is 19.8. The first-order chi connectivity index (χ1) is 9.69. The molecule has 0 aliphatic heterocycles. The SMILES string of the molecule is COC(=O)c1ncn(-c2nc3ccccc3cc2C)n1. The molecule has 0 saturated heterocycles. The van der Waals surface area contributed by atoms with E-state index in [9.17, 15) is 4.79 Å². The third-order valence-corrected chi connectivity index (χ3v) is 2.96. The molecule has 0 bridgehead atoms. The molecule has 2 heterocycles. The number of benzene rings is 1. The fraction of sp³-hybridized carbons (Fsp3) is 0.143. The zero-order chi connectivity index (χ0) is 14.1. The van der Waals surface area contributed by atoms with Gasteiger partial charge in [-0.3, -0.25) is 0 Å². The molecule has 0 unspecified atom stereocenters. The maximum atomic E-state index is 11.4. The van der Waals surface area contributed by atoms with Crippen molar-refractivity contribution >= 4 is 16.9 Å². The van der Waals surface area contributed by atoms with Crippen molar-refractivity contribution < 1.29 is 9.53 Å². The Bertz CT molecular complexity index is 795. The van der Waals surface area contributed by atoms with Crippen LogP contribution in [0.25, 0.3) is 16.7 Å². The first kappa shape index (κ1) is 12.3. The Morgan fingerprint density at radius 2 is 2.10 bits per heavy atom. The summed E-state index contributed by atoms with van der Waals surface area (Å²) in [5.74, 6) is 0.0930. The average molecular weight is 268 g/mol. The Balaban J connectivity index is 2.11. The molecule has 3 aromatic rings. The van der Waals surface area contributed by atoms with Crippen molar-refractivity contribution in [2.24, 2.45) is 0 Å². The quantitative estimate of drug-likeness (QED) is 0.664. The summed E-state index contributed by atoms with van der Waals surface area (Å²) in [5.41, 5.74) is 1.81. The van der Waals surface area contributed by atoms with E-state index in [-0.39, 0.29) is 5.82 Å². The van der Waals surface area contributed by atoms with Crippen LogP contribution < -0.4 is 0 Å². The van der Waals surface area contributed by atoms with E-state index in [2.05, 4.69) is 19.8 Å². The summed E-state index contributed by atoms with van der Waals surface area (Å²) in [7, 11) is 1.29. The van der Waals surface area contributed by atoms with E-state index in [0.29, 0.717) is 5.82 Å². The average Bonchev–Trinajstić information content (AvgIpc) is 2.95. The highest BCUT2D eigenvalue weighted by Gasteiger charge is 2.14. The normalized spacial score (nSPS) is 10.7. The predicted octanol–water partition coefficient (Wildman–Crippen LogP) is 1.91. The van der Waals surface area contributed by atoms with Gasteiger partial charge >= 0.3 is 5.97 Å². The van der Waals surface area contributed by atoms with E-state index in [1.165, 1.54) is 18.1 Å². The maximum Gasteiger partial charge on any atom is 0.377 e. The Hall–Kier alpha value is -2.76. The molecule has 0 aliphatic carbocycles. The first-order valence-electron chi connectivity index (χ1n) is 6.06. The van der Waals surface area contributed by atoms with E-state index in [1.54, 1.807) is 0 Å². The number of carbonyl (C=O) groups excluding carboxylic acids is 1. The molecular formula is C14H12N4O2. The molecular weight excluding hydrogens is 256 g/mol. The van der Waals surface area contributed by atoms with Gasteiger partial charge in [-0.05, 0) is 24.6 Å². The second kappa shape index (κ2) is 4.73. The summed E-state index contributed by atoms with van der Waals surface area (Å²) in [6.45, 7) is 1.94. The highest BCUT2D eigenvalue weighted by Crippen LogP contribution is 2.18. The van der Waals surface area contributed by atoms with Crippen LogP contribution in [-0.2, 0) is 4.74 Å². The summed E-state index contributed by atoms with van der Waals surface area (Å²) in [6, 6.07) is 9.84. The van der Waals surface area contributed by atoms with Crippen molar-refractivity contribution in [3.8, 4) is 5.82 Å². The summed E-state index contributed by atoms with van der Waals surface area (Å²) < 4.78 is 6.07. The van der Waals surface area contributed by atoms with E-state index in [4.69, 9.17) is 0 Å². The lowest BCUT2D eigenvalue weighted by molar-refractivity contribution is 0.0587. The third kappa shape index (κ3) is 2.01. The lowest BCUT2D eigenvalue weighted by Crippen LogP contribution is -2.06. The zero-order valence-corrected chi connectivity index (χ0v) is 11.1. The number of hydrogen-bond acceptors (Lipinski definition) is 5. The van der Waals surface area contributed by atoms with Crippen molar-refractivity contribution in [1.29, 1.82) is 0 Å². The lowest BCUT2D eigenvalue weighted by atomic mass is 10.1. The van der Waals surface area contributed by atoms with Gasteiger partial charge in [-0.1, -0.05) is 18.2 Å². The third-order valence-electron chi connectivity index (χ3n) is 2.96. The van der Waals surface area contributed by atoms with Gasteiger partial charge in [0.25, 0.3) is 5.82 Å². The summed E-state index contributed by atoms with van der Waals surface area (Å²) in [6.07, 6.45) is 1.45. The van der Waals surface area contributed by atoms with Gasteiger partial charge in [-0.25, -0.2) is 19.4 Å². The van der Waals surface area contributed by atoms with Crippen LogP contribution in [0.2, 0.25) is 0 Å². The second-order valence-electron chi connectivity index (χ2n) is 4.33. The van der Waals surface area contributed by atoms with Crippen molar-refractivity contribution in [3.63, 3.8) is 0 Å². The van der Waals surface area contributed by atoms with E-state index in [0.717, 1.165) is 16.5 Å². The van der Waals surface area contributed by atoms with Gasteiger partial charge in [0.1, 0.15) is 6.33 Å². The van der Waals surface area contributed by atoms with Gasteiger partial charge in [0.2, 0.25) is 0 Å². The molecule has 0 amide bonds. The van der Waals surface area contributed by atoms with Crippen molar-refractivity contribution in [2.45, 2.75) is 6.92 Å². The number of carbonyl (C=O) groups is 1. The molecule has 0 radical (unpaired) electrons. The molecule has 1 aromatic carbocycles. The molecule has 0 spiro atoms. The van der Waals surface area contributed by atoms with E-state index >= 15 is 0 Å². The number of pyridine rings is 1. The molecule has 6 nitrogen and oxygen atoms in total. The number of esters is 1. The zero-order valence-electron chi connectivity index (χ0n) is 11.1. The van der Waals surface area contributed by atoms with Gasteiger partial charge in [0, 0.05) is 5.39 Å². The Morgan fingerprint density at radius 3 is 2.90 bits per heavy atom. The number of methoxy groups -OCH3 is 1. The Morgan fingerprint density at radius 1 is 1.30 bits per heavy atom. The van der Waals surface area contributed by atoms with Gasteiger partial charge in [-0.15, -0.1) is 5.10 Å². The molecule has 0 atom stereocenters. The topological polar surface area (TPSA) is 69.9 Å². The first-order valence-corrected chi connectivity index (χ1v) is 6.06. The van der Waals surface area contributed by atoms with Crippen LogP contribution in [0.5, 0.6) is 0 Å². The van der Waals surface area contributed by atoms with Crippen LogP contribution in [0, 0.1) is 6.92 Å². The van der Waals surface area contributed by atoms with Crippen LogP contribution in [0.3, 0.4) is 0 Å². The number of rotatable bonds is 2. The number of ether oxygens (including phenoxy) is 1. The summed E-state index contributed by atoms with van der Waals surface area (Å²) >= 11 is 0. The highest BCUT2D eigenvalue weighted by molar-refractivity contribution is 5.85. The minimum atomic E-state index is -0.567. The molecule has 3 rings (SSSR count). The fourth-order valence-corrected chi connectivity index (χ4v) is 1.99. The number of hydrogen-bond donors (Lipinski definition) is 0. The second-order valence-corrected chi connectivity index (χ2v) is 4.33. The summed E-state index contributed by atoms with van der Waals surface area (Å²) in [5, 5.41) is 5.14. The monoisotopic (exact) mass is 268 g/mol.